The Morgan fingerprint density at radius 3 is 2.78 bits per heavy atom. The van der Waals surface area contributed by atoms with Crippen molar-refractivity contribution >= 4 is 17.9 Å². The van der Waals surface area contributed by atoms with Gasteiger partial charge in [-0.1, -0.05) is 6.07 Å². The van der Waals surface area contributed by atoms with E-state index in [2.05, 4.69) is 28.6 Å². The van der Waals surface area contributed by atoms with Gasteiger partial charge in [-0.25, -0.2) is 4.79 Å². The topological polar surface area (TPSA) is 50.8 Å². The minimum Gasteiger partial charge on any atom is -0.496 e. The predicted molar refractivity (Wildman–Crippen MR) is 91.1 cm³/mol. The number of nitrogens with zero attached hydrogens (tertiary/aromatic N) is 1. The number of ether oxygens (including phenoxy) is 2. The molecule has 2 aliphatic heterocycles. The number of amides is 1. The third kappa shape index (κ3) is 3.75. The molecule has 126 valence electrons. The summed E-state index contributed by atoms with van der Waals surface area (Å²) in [5.74, 6) is 0.931. The largest absolute Gasteiger partial charge is 0.496 e. The van der Waals surface area contributed by atoms with Gasteiger partial charge >= 0.3 is 6.09 Å². The third-order valence-corrected chi connectivity index (χ3v) is 5.54. The van der Waals surface area contributed by atoms with Crippen LogP contribution in [-0.2, 0) is 11.3 Å². The van der Waals surface area contributed by atoms with Gasteiger partial charge in [0, 0.05) is 50.3 Å². The summed E-state index contributed by atoms with van der Waals surface area (Å²) < 4.78 is 11.0. The number of methoxy groups -OCH3 is 1. The first-order valence-corrected chi connectivity index (χ1v) is 9.27. The van der Waals surface area contributed by atoms with E-state index in [9.17, 15) is 4.79 Å². The molecular weight excluding hydrogens is 312 g/mol. The van der Waals surface area contributed by atoms with E-state index in [1.807, 2.05) is 6.07 Å². The molecule has 1 N–H and O–H groups in total. The monoisotopic (exact) mass is 336 g/mol. The molecule has 5 nitrogen and oxygen atoms in total. The van der Waals surface area contributed by atoms with Gasteiger partial charge in [0.15, 0.2) is 0 Å². The molecule has 0 saturated carbocycles. The number of carbonyl (C=O) groups excluding carboxylic acids is 1. The van der Waals surface area contributed by atoms with E-state index in [1.165, 1.54) is 10.5 Å². The number of likely N-dealkylation sites (tertiary alicyclic amines) is 1. The number of alkyl carbamates (subject to hydrolysis) is 1. The van der Waals surface area contributed by atoms with Crippen molar-refractivity contribution in [2.24, 2.45) is 0 Å². The first kappa shape index (κ1) is 16.5. The van der Waals surface area contributed by atoms with E-state index < -0.39 is 0 Å². The minimum absolute atomic E-state index is 0.233. The maximum absolute atomic E-state index is 11.5. The average Bonchev–Trinajstić information content (AvgIpc) is 2.57. The molecule has 23 heavy (non-hydrogen) atoms. The van der Waals surface area contributed by atoms with Crippen molar-refractivity contribution in [1.82, 2.24) is 10.2 Å². The zero-order valence-electron chi connectivity index (χ0n) is 13.8. The lowest BCUT2D eigenvalue weighted by Gasteiger charge is -2.43. The number of hydrogen-bond acceptors (Lipinski definition) is 5. The molecule has 1 aromatic carbocycles. The summed E-state index contributed by atoms with van der Waals surface area (Å²) in [6, 6.07) is 6.38. The lowest BCUT2D eigenvalue weighted by Crippen LogP contribution is -2.53. The van der Waals surface area contributed by atoms with Crippen LogP contribution in [0.5, 0.6) is 5.75 Å². The van der Waals surface area contributed by atoms with Crippen molar-refractivity contribution in [3.8, 4) is 5.75 Å². The van der Waals surface area contributed by atoms with Crippen molar-refractivity contribution < 1.29 is 14.3 Å². The highest BCUT2D eigenvalue weighted by Crippen LogP contribution is 2.33. The minimum atomic E-state index is -0.260. The van der Waals surface area contributed by atoms with E-state index in [-0.39, 0.29) is 11.7 Å². The Morgan fingerprint density at radius 2 is 2.13 bits per heavy atom. The van der Waals surface area contributed by atoms with Gasteiger partial charge in [-0.2, -0.15) is 0 Å². The van der Waals surface area contributed by atoms with Crippen LogP contribution in [0.4, 0.5) is 4.79 Å². The highest BCUT2D eigenvalue weighted by molar-refractivity contribution is 7.98. The average molecular weight is 336 g/mol. The van der Waals surface area contributed by atoms with E-state index in [0.29, 0.717) is 0 Å². The Hall–Kier alpha value is -1.40. The van der Waals surface area contributed by atoms with E-state index >= 15 is 0 Å². The number of piperidine rings is 1. The Bertz CT molecular complexity index is 571. The normalized spacial score (nSPS) is 20.9. The molecule has 0 unspecified atom stereocenters. The Morgan fingerprint density at radius 1 is 1.35 bits per heavy atom. The summed E-state index contributed by atoms with van der Waals surface area (Å²) in [6.07, 6.45) is 4.57. The number of thioether (sulfide) groups is 1. The molecule has 0 aliphatic carbocycles. The molecule has 0 aromatic heterocycles. The van der Waals surface area contributed by atoms with Crippen molar-refractivity contribution in [2.45, 2.75) is 36.3 Å². The van der Waals surface area contributed by atoms with Gasteiger partial charge in [-0.15, -0.1) is 11.8 Å². The number of nitrogens with one attached hydrogen (secondary N) is 1. The predicted octanol–water partition coefficient (Wildman–Crippen LogP) is 2.88. The SMILES string of the molecule is COc1ccc(CN2CCC3(CCNC(=O)O3)CC2)cc1SC. The Kier molecular flexibility index (Phi) is 5.02. The third-order valence-electron chi connectivity index (χ3n) is 4.78. The van der Waals surface area contributed by atoms with Gasteiger partial charge in [0.2, 0.25) is 0 Å². The second kappa shape index (κ2) is 7.01. The fourth-order valence-electron chi connectivity index (χ4n) is 3.38. The molecule has 2 heterocycles. The smallest absolute Gasteiger partial charge is 0.407 e. The maximum Gasteiger partial charge on any atom is 0.407 e. The summed E-state index contributed by atoms with van der Waals surface area (Å²) in [4.78, 5) is 15.1. The van der Waals surface area contributed by atoms with Gasteiger partial charge in [0.1, 0.15) is 11.4 Å². The number of hydrogen-bond donors (Lipinski definition) is 1. The molecule has 2 fully saturated rings. The van der Waals surface area contributed by atoms with Crippen LogP contribution in [0.3, 0.4) is 0 Å². The van der Waals surface area contributed by atoms with Crippen molar-refractivity contribution in [3.05, 3.63) is 23.8 Å². The lowest BCUT2D eigenvalue weighted by atomic mass is 9.87. The van der Waals surface area contributed by atoms with Crippen LogP contribution < -0.4 is 10.1 Å². The first-order valence-electron chi connectivity index (χ1n) is 8.04. The lowest BCUT2D eigenvalue weighted by molar-refractivity contribution is -0.0556. The maximum atomic E-state index is 11.5. The molecule has 0 radical (unpaired) electrons. The molecule has 6 heteroatoms. The quantitative estimate of drug-likeness (QED) is 0.857. The van der Waals surface area contributed by atoms with Gasteiger partial charge in [0.25, 0.3) is 0 Å². The second-order valence-corrected chi connectivity index (χ2v) is 7.06. The molecule has 2 saturated heterocycles. The number of rotatable bonds is 4. The number of benzene rings is 1. The molecule has 1 spiro atoms. The highest BCUT2D eigenvalue weighted by Gasteiger charge is 2.40. The second-order valence-electron chi connectivity index (χ2n) is 6.21. The van der Waals surface area contributed by atoms with E-state index in [4.69, 9.17) is 9.47 Å². The van der Waals surface area contributed by atoms with E-state index in [0.717, 1.165) is 51.2 Å². The van der Waals surface area contributed by atoms with Crippen LogP contribution in [-0.4, -0.2) is 49.6 Å². The molecule has 0 bridgehead atoms. The molecule has 2 aliphatic rings. The summed E-state index contributed by atoms with van der Waals surface area (Å²) in [6.45, 7) is 3.59. The van der Waals surface area contributed by atoms with Gasteiger partial charge < -0.3 is 14.8 Å². The van der Waals surface area contributed by atoms with Crippen molar-refractivity contribution in [1.29, 1.82) is 0 Å². The van der Waals surface area contributed by atoms with Crippen molar-refractivity contribution in [3.63, 3.8) is 0 Å². The molecule has 1 aromatic rings. The fourth-order valence-corrected chi connectivity index (χ4v) is 4.01. The van der Waals surface area contributed by atoms with Gasteiger partial charge in [0.05, 0.1) is 7.11 Å². The Balaban J connectivity index is 1.59. The van der Waals surface area contributed by atoms with Crippen LogP contribution in [0.15, 0.2) is 23.1 Å². The summed E-state index contributed by atoms with van der Waals surface area (Å²) in [5.41, 5.74) is 1.07. The van der Waals surface area contributed by atoms with E-state index in [1.54, 1.807) is 18.9 Å². The molecular formula is C17H24N2O3S. The molecule has 0 atom stereocenters. The van der Waals surface area contributed by atoms with Gasteiger partial charge in [-0.3, -0.25) is 4.90 Å². The first-order chi connectivity index (χ1) is 11.1. The summed E-state index contributed by atoms with van der Waals surface area (Å²) in [5, 5.41) is 2.74. The van der Waals surface area contributed by atoms with Crippen LogP contribution in [0.25, 0.3) is 0 Å². The molecule has 1 amide bonds. The molecule has 3 rings (SSSR count). The zero-order valence-corrected chi connectivity index (χ0v) is 14.6. The number of carbonyl (C=O) groups is 1. The zero-order chi connectivity index (χ0) is 16.3. The standard InChI is InChI=1S/C17H24N2O3S/c1-21-14-4-3-13(11-15(14)23-2)12-19-9-6-17(7-10-19)5-8-18-16(20)22-17/h3-4,11H,5-10,12H2,1-2H3,(H,18,20). The Labute approximate surface area is 141 Å². The summed E-state index contributed by atoms with van der Waals surface area (Å²) in [7, 11) is 1.71. The van der Waals surface area contributed by atoms with Crippen molar-refractivity contribution in [2.75, 3.05) is 33.0 Å². The van der Waals surface area contributed by atoms with Crippen LogP contribution in [0.2, 0.25) is 0 Å². The van der Waals surface area contributed by atoms with Crippen LogP contribution in [0.1, 0.15) is 24.8 Å². The van der Waals surface area contributed by atoms with Crippen LogP contribution >= 0.6 is 11.8 Å². The fraction of sp³-hybridized carbons (Fsp3) is 0.588. The van der Waals surface area contributed by atoms with Gasteiger partial charge in [-0.05, 0) is 24.0 Å². The highest BCUT2D eigenvalue weighted by atomic mass is 32.2. The summed E-state index contributed by atoms with van der Waals surface area (Å²) >= 11 is 1.71. The van der Waals surface area contributed by atoms with Crippen LogP contribution in [0, 0.1) is 0 Å².